The molecule has 4 nitrogen and oxygen atoms in total. The average molecular weight is 393 g/mol. The molecule has 2 N–H and O–H groups in total. The van der Waals surface area contributed by atoms with Crippen LogP contribution >= 0.6 is 0 Å². The number of carbonyl (C=O) groups excluding carboxylic acids is 1. The van der Waals surface area contributed by atoms with Gasteiger partial charge in [-0.15, -0.1) is 0 Å². The molecule has 7 heteroatoms. The first-order chi connectivity index (χ1) is 13.0. The number of carboxylic acid groups (broad SMARTS) is 1. The minimum atomic E-state index is -4.48. The van der Waals surface area contributed by atoms with Crippen molar-refractivity contribution in [1.82, 2.24) is 5.32 Å². The number of rotatable bonds is 7. The molecule has 0 radical (unpaired) electrons. The molecule has 2 aromatic rings. The fourth-order valence-electron chi connectivity index (χ4n) is 3.18. The van der Waals surface area contributed by atoms with Crippen molar-refractivity contribution in [2.75, 3.05) is 0 Å². The number of amides is 1. The van der Waals surface area contributed by atoms with Gasteiger partial charge in [0, 0.05) is 6.04 Å². The molecule has 1 amide bonds. The molecule has 0 heterocycles. The van der Waals surface area contributed by atoms with Crippen LogP contribution in [0.15, 0.2) is 42.5 Å². The van der Waals surface area contributed by atoms with Gasteiger partial charge in [0.2, 0.25) is 5.91 Å². The van der Waals surface area contributed by atoms with Crippen LogP contribution in [0.5, 0.6) is 0 Å². The number of hydrogen-bond donors (Lipinski definition) is 2. The van der Waals surface area contributed by atoms with Crippen LogP contribution < -0.4 is 5.32 Å². The number of hydrogen-bond acceptors (Lipinski definition) is 2. The van der Waals surface area contributed by atoms with Gasteiger partial charge in [0.15, 0.2) is 0 Å². The van der Waals surface area contributed by atoms with Gasteiger partial charge in [-0.05, 0) is 37.5 Å². The molecule has 0 aromatic heterocycles. The molecule has 0 saturated heterocycles. The first-order valence-corrected chi connectivity index (χ1v) is 8.77. The van der Waals surface area contributed by atoms with Crippen molar-refractivity contribution in [3.8, 4) is 0 Å². The quantitative estimate of drug-likeness (QED) is 0.745. The van der Waals surface area contributed by atoms with Crippen LogP contribution in [0.2, 0.25) is 0 Å². The van der Waals surface area contributed by atoms with E-state index in [1.807, 2.05) is 32.0 Å². The summed E-state index contributed by atoms with van der Waals surface area (Å²) in [7, 11) is 0. The number of aryl methyl sites for hydroxylation is 2. The molecule has 0 aliphatic heterocycles. The maximum Gasteiger partial charge on any atom is 0.416 e. The van der Waals surface area contributed by atoms with Crippen molar-refractivity contribution in [2.45, 2.75) is 45.3 Å². The zero-order valence-electron chi connectivity index (χ0n) is 15.6. The number of aliphatic carboxylic acids is 1. The third-order valence-corrected chi connectivity index (χ3v) is 4.17. The van der Waals surface area contributed by atoms with Crippen LogP contribution in [0.3, 0.4) is 0 Å². The van der Waals surface area contributed by atoms with Crippen LogP contribution in [0.1, 0.15) is 34.2 Å². The summed E-state index contributed by atoms with van der Waals surface area (Å²) < 4.78 is 38.6. The summed E-state index contributed by atoms with van der Waals surface area (Å²) in [6.07, 6.45) is -4.80. The Bertz CT molecular complexity index is 842. The number of halogens is 3. The number of carboxylic acids is 1. The van der Waals surface area contributed by atoms with E-state index < -0.39 is 23.8 Å². The van der Waals surface area contributed by atoms with Gasteiger partial charge in [-0.25, -0.2) is 0 Å². The maximum absolute atomic E-state index is 12.9. The van der Waals surface area contributed by atoms with Gasteiger partial charge in [0.05, 0.1) is 18.4 Å². The molecular weight excluding hydrogens is 371 g/mol. The maximum atomic E-state index is 12.9. The Kier molecular flexibility index (Phi) is 6.83. The zero-order valence-corrected chi connectivity index (χ0v) is 15.6. The van der Waals surface area contributed by atoms with E-state index in [0.29, 0.717) is 5.56 Å². The topological polar surface area (TPSA) is 66.4 Å². The molecule has 2 aromatic carbocycles. The fraction of sp³-hybridized carbons (Fsp3) is 0.333. The second kappa shape index (κ2) is 8.91. The Morgan fingerprint density at radius 3 is 2.25 bits per heavy atom. The second-order valence-corrected chi connectivity index (χ2v) is 6.94. The van der Waals surface area contributed by atoms with Crippen LogP contribution in [0, 0.1) is 13.8 Å². The van der Waals surface area contributed by atoms with E-state index in [4.69, 9.17) is 5.11 Å². The lowest BCUT2D eigenvalue weighted by Crippen LogP contribution is -2.39. The highest BCUT2D eigenvalue weighted by atomic mass is 19.4. The van der Waals surface area contributed by atoms with E-state index in [-0.39, 0.29) is 25.2 Å². The fourth-order valence-corrected chi connectivity index (χ4v) is 3.18. The molecule has 1 atom stereocenters. The summed E-state index contributed by atoms with van der Waals surface area (Å²) in [5.74, 6) is -1.51. The molecule has 2 rings (SSSR count). The van der Waals surface area contributed by atoms with Crippen LogP contribution in [-0.4, -0.2) is 23.0 Å². The Hall–Kier alpha value is -2.83. The number of benzene rings is 2. The normalized spacial score (nSPS) is 12.5. The molecule has 0 saturated carbocycles. The van der Waals surface area contributed by atoms with E-state index in [1.54, 1.807) is 0 Å². The van der Waals surface area contributed by atoms with Crippen LogP contribution in [0.4, 0.5) is 13.2 Å². The number of alkyl halides is 3. The van der Waals surface area contributed by atoms with Gasteiger partial charge in [-0.1, -0.05) is 47.5 Å². The minimum absolute atomic E-state index is 0.00515. The lowest BCUT2D eigenvalue weighted by molar-refractivity contribution is -0.139. The zero-order chi connectivity index (χ0) is 20.9. The summed E-state index contributed by atoms with van der Waals surface area (Å²) in [6, 6.07) is 9.59. The van der Waals surface area contributed by atoms with Gasteiger partial charge < -0.3 is 10.4 Å². The summed E-state index contributed by atoms with van der Waals surface area (Å²) in [5.41, 5.74) is 2.32. The number of nitrogens with one attached hydrogen (secondary N) is 1. The van der Waals surface area contributed by atoms with Crippen molar-refractivity contribution >= 4 is 11.9 Å². The highest BCUT2D eigenvalue weighted by molar-refractivity contribution is 5.80. The largest absolute Gasteiger partial charge is 0.481 e. The average Bonchev–Trinajstić information content (AvgIpc) is 2.52. The van der Waals surface area contributed by atoms with E-state index in [2.05, 4.69) is 5.32 Å². The number of carbonyl (C=O) groups is 2. The van der Waals surface area contributed by atoms with Gasteiger partial charge in [-0.3, -0.25) is 9.59 Å². The molecule has 0 aliphatic carbocycles. The predicted octanol–water partition coefficient (Wildman–Crippen LogP) is 4.07. The van der Waals surface area contributed by atoms with Crippen molar-refractivity contribution in [3.63, 3.8) is 0 Å². The highest BCUT2D eigenvalue weighted by Gasteiger charge is 2.30. The molecular formula is C21H22F3NO3. The van der Waals surface area contributed by atoms with Crippen LogP contribution in [-0.2, 0) is 28.6 Å². The summed E-state index contributed by atoms with van der Waals surface area (Å²) in [4.78, 5) is 23.5. The van der Waals surface area contributed by atoms with Gasteiger partial charge in [0.25, 0.3) is 0 Å². The highest BCUT2D eigenvalue weighted by Crippen LogP contribution is 2.29. The SMILES string of the molecule is Cc1cc(C)cc(CC(=O)N[C@H](CC(=O)O)Cc2cccc(C(F)(F)F)c2)c1. The van der Waals surface area contributed by atoms with Gasteiger partial charge >= 0.3 is 12.1 Å². The molecule has 150 valence electrons. The Morgan fingerprint density at radius 1 is 1.04 bits per heavy atom. The summed E-state index contributed by atoms with van der Waals surface area (Å²) in [6.45, 7) is 3.82. The van der Waals surface area contributed by atoms with Gasteiger partial charge in [-0.2, -0.15) is 13.2 Å². The van der Waals surface area contributed by atoms with Crippen molar-refractivity contribution < 1.29 is 27.9 Å². The lowest BCUT2D eigenvalue weighted by Gasteiger charge is -2.18. The summed E-state index contributed by atoms with van der Waals surface area (Å²) >= 11 is 0. The molecule has 0 unspecified atom stereocenters. The second-order valence-electron chi connectivity index (χ2n) is 6.94. The summed E-state index contributed by atoms with van der Waals surface area (Å²) in [5, 5.41) is 11.7. The van der Waals surface area contributed by atoms with Crippen molar-refractivity contribution in [2.24, 2.45) is 0 Å². The van der Waals surface area contributed by atoms with Crippen LogP contribution in [0.25, 0.3) is 0 Å². The van der Waals surface area contributed by atoms with Crippen molar-refractivity contribution in [3.05, 3.63) is 70.3 Å². The predicted molar refractivity (Wildman–Crippen MR) is 99.0 cm³/mol. The van der Waals surface area contributed by atoms with E-state index in [0.717, 1.165) is 28.8 Å². The Morgan fingerprint density at radius 2 is 1.68 bits per heavy atom. The van der Waals surface area contributed by atoms with Crippen molar-refractivity contribution in [1.29, 1.82) is 0 Å². The molecule has 0 aliphatic rings. The standard InChI is InChI=1S/C21H22F3NO3/c1-13-6-14(2)8-16(7-13)11-19(26)25-18(12-20(27)28)10-15-4-3-5-17(9-15)21(22,23)24/h3-9,18H,10-12H2,1-2H3,(H,25,26)(H,27,28)/t18-/m0/s1. The van der Waals surface area contributed by atoms with E-state index in [1.165, 1.54) is 12.1 Å². The molecule has 0 spiro atoms. The smallest absolute Gasteiger partial charge is 0.416 e. The first-order valence-electron chi connectivity index (χ1n) is 8.77. The minimum Gasteiger partial charge on any atom is -0.481 e. The lowest BCUT2D eigenvalue weighted by atomic mass is 10.00. The van der Waals surface area contributed by atoms with E-state index >= 15 is 0 Å². The Labute approximate surface area is 161 Å². The monoisotopic (exact) mass is 393 g/mol. The molecule has 0 fully saturated rings. The molecule has 0 bridgehead atoms. The Balaban J connectivity index is 2.11. The first kappa shape index (κ1) is 21.5. The van der Waals surface area contributed by atoms with Gasteiger partial charge in [0.1, 0.15) is 0 Å². The third-order valence-electron chi connectivity index (χ3n) is 4.17. The third kappa shape index (κ3) is 6.72. The molecule has 28 heavy (non-hydrogen) atoms. The van der Waals surface area contributed by atoms with E-state index in [9.17, 15) is 22.8 Å².